The van der Waals surface area contributed by atoms with E-state index in [4.69, 9.17) is 16.3 Å². The van der Waals surface area contributed by atoms with Gasteiger partial charge in [0.25, 0.3) is 5.91 Å². The van der Waals surface area contributed by atoms with Gasteiger partial charge in [0.15, 0.2) is 0 Å². The van der Waals surface area contributed by atoms with Crippen LogP contribution < -0.4 is 10.6 Å². The number of nitrogens with one attached hydrogen (secondary N) is 2. The molecule has 0 aromatic heterocycles. The van der Waals surface area contributed by atoms with Crippen LogP contribution in [0.25, 0.3) is 0 Å². The van der Waals surface area contributed by atoms with E-state index in [1.165, 1.54) is 7.11 Å². The summed E-state index contributed by atoms with van der Waals surface area (Å²) in [5.41, 5.74) is 2.27. The van der Waals surface area contributed by atoms with Crippen LogP contribution in [0.3, 0.4) is 0 Å². The molecule has 0 saturated heterocycles. The lowest BCUT2D eigenvalue weighted by Gasteiger charge is -2.17. The third kappa shape index (κ3) is 5.07. The van der Waals surface area contributed by atoms with Gasteiger partial charge in [0.2, 0.25) is 5.91 Å². The van der Waals surface area contributed by atoms with Gasteiger partial charge in [-0.3, -0.25) is 9.59 Å². The first-order valence-electron chi connectivity index (χ1n) is 10.5. The van der Waals surface area contributed by atoms with Gasteiger partial charge in [-0.15, -0.1) is 0 Å². The summed E-state index contributed by atoms with van der Waals surface area (Å²) in [5.74, 6) is -0.909. The Labute approximate surface area is 196 Å². The number of esters is 1. The minimum Gasteiger partial charge on any atom is -0.465 e. The van der Waals surface area contributed by atoms with Crippen molar-refractivity contribution in [3.8, 4) is 0 Å². The molecule has 0 radical (unpaired) electrons. The summed E-state index contributed by atoms with van der Waals surface area (Å²) in [6.45, 7) is 0.202. The minimum atomic E-state index is -0.547. The molecule has 0 bridgehead atoms. The quantitative estimate of drug-likeness (QED) is 0.497. The lowest BCUT2D eigenvalue weighted by atomic mass is 9.95. The van der Waals surface area contributed by atoms with Crippen LogP contribution in [0.15, 0.2) is 72.8 Å². The van der Waals surface area contributed by atoms with Crippen LogP contribution in [0.2, 0.25) is 5.02 Å². The molecule has 7 heteroatoms. The van der Waals surface area contributed by atoms with E-state index in [0.29, 0.717) is 21.8 Å². The van der Waals surface area contributed by atoms with Crippen LogP contribution in [-0.4, -0.2) is 24.9 Å². The van der Waals surface area contributed by atoms with Crippen LogP contribution in [0.4, 0.5) is 5.69 Å². The smallest absolute Gasteiger partial charge is 0.337 e. The molecular formula is C26H23ClN2O4. The summed E-state index contributed by atoms with van der Waals surface area (Å²) in [4.78, 5) is 37.7. The largest absolute Gasteiger partial charge is 0.465 e. The van der Waals surface area contributed by atoms with E-state index in [9.17, 15) is 14.4 Å². The molecule has 4 rings (SSSR count). The number of ether oxygens (including phenoxy) is 1. The molecule has 1 aliphatic carbocycles. The standard InChI is InChI=1S/C26H23ClN2O4/c1-33-24(31)19-13-17(14-22(15-19)29-23(30)18-5-3-2-4-6-18)16-28-25(32)26(11-12-26)20-7-9-21(27)10-8-20/h2-10,13-15H,11-12,16H2,1H3,(H,28,32)(H,29,30). The van der Waals surface area contributed by atoms with E-state index in [1.54, 1.807) is 54.6 Å². The van der Waals surface area contributed by atoms with Gasteiger partial charge in [-0.1, -0.05) is 41.9 Å². The zero-order valence-electron chi connectivity index (χ0n) is 18.1. The third-order valence-electron chi connectivity index (χ3n) is 5.74. The van der Waals surface area contributed by atoms with Crippen LogP contribution in [-0.2, 0) is 21.5 Å². The number of rotatable bonds is 7. The molecule has 2 amide bonds. The highest BCUT2D eigenvalue weighted by Gasteiger charge is 2.51. The van der Waals surface area contributed by atoms with Crippen molar-refractivity contribution in [1.82, 2.24) is 5.32 Å². The van der Waals surface area contributed by atoms with E-state index in [1.807, 2.05) is 18.2 Å². The molecule has 0 heterocycles. The first-order valence-corrected chi connectivity index (χ1v) is 10.9. The fraction of sp³-hybridized carbons (Fsp3) is 0.192. The predicted octanol–water partition coefficient (Wildman–Crippen LogP) is 4.73. The third-order valence-corrected chi connectivity index (χ3v) is 5.99. The molecule has 1 saturated carbocycles. The van der Waals surface area contributed by atoms with Crippen molar-refractivity contribution in [2.45, 2.75) is 24.8 Å². The topological polar surface area (TPSA) is 84.5 Å². The first-order chi connectivity index (χ1) is 15.9. The number of carbonyl (C=O) groups excluding carboxylic acids is 3. The Balaban J connectivity index is 1.51. The van der Waals surface area contributed by atoms with Crippen LogP contribution >= 0.6 is 11.6 Å². The fourth-order valence-electron chi connectivity index (χ4n) is 3.79. The highest BCUT2D eigenvalue weighted by Crippen LogP contribution is 2.48. The maximum atomic E-state index is 13.0. The Morgan fingerprint density at radius 2 is 1.64 bits per heavy atom. The van der Waals surface area contributed by atoms with Gasteiger partial charge in [0.05, 0.1) is 18.1 Å². The summed E-state index contributed by atoms with van der Waals surface area (Å²) in [7, 11) is 1.29. The number of hydrogen-bond donors (Lipinski definition) is 2. The Bertz CT molecular complexity index is 1190. The van der Waals surface area contributed by atoms with E-state index < -0.39 is 11.4 Å². The number of carbonyl (C=O) groups is 3. The van der Waals surface area contributed by atoms with Crippen molar-refractivity contribution in [3.05, 3.63) is 100 Å². The Kier molecular flexibility index (Phi) is 6.47. The van der Waals surface area contributed by atoms with Gasteiger partial charge >= 0.3 is 5.97 Å². The van der Waals surface area contributed by atoms with E-state index in [-0.39, 0.29) is 23.9 Å². The molecule has 33 heavy (non-hydrogen) atoms. The second-order valence-corrected chi connectivity index (χ2v) is 8.44. The normalized spacial score (nSPS) is 13.6. The first kappa shape index (κ1) is 22.6. The van der Waals surface area contributed by atoms with Gasteiger partial charge in [0, 0.05) is 22.8 Å². The van der Waals surface area contributed by atoms with Crippen molar-refractivity contribution < 1.29 is 19.1 Å². The molecule has 1 aliphatic rings. The second-order valence-electron chi connectivity index (χ2n) is 8.00. The molecule has 168 valence electrons. The number of methoxy groups -OCH3 is 1. The molecule has 0 unspecified atom stereocenters. The minimum absolute atomic E-state index is 0.0804. The highest BCUT2D eigenvalue weighted by atomic mass is 35.5. The SMILES string of the molecule is COC(=O)c1cc(CNC(=O)C2(c3ccc(Cl)cc3)CC2)cc(NC(=O)c2ccccc2)c1. The molecule has 3 aromatic carbocycles. The van der Waals surface area contributed by atoms with Crippen molar-refractivity contribution in [3.63, 3.8) is 0 Å². The monoisotopic (exact) mass is 462 g/mol. The number of halogens is 1. The van der Waals surface area contributed by atoms with Crippen LogP contribution in [0, 0.1) is 0 Å². The zero-order chi connectivity index (χ0) is 23.4. The van der Waals surface area contributed by atoms with E-state index >= 15 is 0 Å². The van der Waals surface area contributed by atoms with Gasteiger partial charge in [0.1, 0.15) is 0 Å². The number of benzene rings is 3. The summed E-state index contributed by atoms with van der Waals surface area (Å²) >= 11 is 5.98. The van der Waals surface area contributed by atoms with Crippen molar-refractivity contribution in [1.29, 1.82) is 0 Å². The summed E-state index contributed by atoms with van der Waals surface area (Å²) < 4.78 is 4.84. The average Bonchev–Trinajstić information content (AvgIpc) is 3.65. The van der Waals surface area contributed by atoms with Crippen molar-refractivity contribution in [2.75, 3.05) is 12.4 Å². The summed E-state index contributed by atoms with van der Waals surface area (Å²) in [5, 5.41) is 6.41. The number of hydrogen-bond acceptors (Lipinski definition) is 4. The molecule has 0 aliphatic heterocycles. The zero-order valence-corrected chi connectivity index (χ0v) is 18.8. The van der Waals surface area contributed by atoms with Gasteiger partial charge < -0.3 is 15.4 Å². The average molecular weight is 463 g/mol. The van der Waals surface area contributed by atoms with Crippen molar-refractivity contribution in [2.24, 2.45) is 0 Å². The lowest BCUT2D eigenvalue weighted by Crippen LogP contribution is -2.34. The van der Waals surface area contributed by atoms with Crippen molar-refractivity contribution >= 4 is 35.1 Å². The Morgan fingerprint density at radius 1 is 0.939 bits per heavy atom. The molecule has 0 atom stereocenters. The Morgan fingerprint density at radius 3 is 2.27 bits per heavy atom. The predicted molar refractivity (Wildman–Crippen MR) is 126 cm³/mol. The second kappa shape index (κ2) is 9.46. The van der Waals surface area contributed by atoms with Gasteiger partial charge in [-0.2, -0.15) is 0 Å². The maximum Gasteiger partial charge on any atom is 0.337 e. The van der Waals surface area contributed by atoms with Gasteiger partial charge in [-0.05, 0) is 66.4 Å². The van der Waals surface area contributed by atoms with E-state index in [0.717, 1.165) is 18.4 Å². The van der Waals surface area contributed by atoms with Gasteiger partial charge in [-0.25, -0.2) is 4.79 Å². The fourth-order valence-corrected chi connectivity index (χ4v) is 3.91. The van der Waals surface area contributed by atoms with Crippen LogP contribution in [0.1, 0.15) is 44.7 Å². The molecule has 0 spiro atoms. The molecule has 2 N–H and O–H groups in total. The molecular weight excluding hydrogens is 440 g/mol. The Hall–Kier alpha value is -3.64. The number of amides is 2. The molecule has 6 nitrogen and oxygen atoms in total. The highest BCUT2D eigenvalue weighted by molar-refractivity contribution is 6.30. The van der Waals surface area contributed by atoms with Crippen LogP contribution in [0.5, 0.6) is 0 Å². The molecule has 3 aromatic rings. The summed E-state index contributed by atoms with van der Waals surface area (Å²) in [6, 6.07) is 21.0. The lowest BCUT2D eigenvalue weighted by molar-refractivity contribution is -0.123. The number of anilines is 1. The maximum absolute atomic E-state index is 13.0. The van der Waals surface area contributed by atoms with E-state index in [2.05, 4.69) is 10.6 Å². The molecule has 1 fully saturated rings. The summed E-state index contributed by atoms with van der Waals surface area (Å²) in [6.07, 6.45) is 1.53.